The highest BCUT2D eigenvalue weighted by molar-refractivity contribution is 5.76. The van der Waals surface area contributed by atoms with Crippen molar-refractivity contribution < 1.29 is 10.0 Å². The van der Waals surface area contributed by atoms with Crippen LogP contribution in [0.5, 0.6) is 0 Å². The summed E-state index contributed by atoms with van der Waals surface area (Å²) >= 11 is 0. The molecule has 7 nitrogen and oxygen atoms in total. The maximum Gasteiger partial charge on any atom is 0.316 e. The molecule has 0 aromatic heterocycles. The van der Waals surface area contributed by atoms with Crippen LogP contribution in [0.25, 0.3) is 0 Å². The average molecular weight is 268 g/mol. The topological polar surface area (TPSA) is 113 Å². The molecule has 5 N–H and O–H groups in total. The number of hydrazine groups is 1. The number of nitro groups is 1. The number of hydrogen-bond acceptors (Lipinski definition) is 6. The van der Waals surface area contributed by atoms with Crippen LogP contribution in [0, 0.1) is 16.0 Å². The third kappa shape index (κ3) is 3.80. The fourth-order valence-corrected chi connectivity index (χ4v) is 1.88. The molecule has 0 saturated carbocycles. The minimum absolute atomic E-state index is 0.0263. The van der Waals surface area contributed by atoms with Crippen molar-refractivity contribution in [2.45, 2.75) is 26.3 Å². The molecule has 0 aliphatic rings. The zero-order valence-electron chi connectivity index (χ0n) is 11.1. The minimum atomic E-state index is -0.478. The van der Waals surface area contributed by atoms with Gasteiger partial charge in [-0.25, -0.2) is 0 Å². The van der Waals surface area contributed by atoms with E-state index in [0.717, 1.165) is 0 Å². The van der Waals surface area contributed by atoms with Gasteiger partial charge in [0, 0.05) is 12.6 Å². The van der Waals surface area contributed by atoms with E-state index in [1.807, 2.05) is 13.8 Å². The number of benzene rings is 1. The summed E-state index contributed by atoms with van der Waals surface area (Å²) in [6.07, 6.45) is 0.523. The van der Waals surface area contributed by atoms with Crippen LogP contribution in [0.15, 0.2) is 18.2 Å². The van der Waals surface area contributed by atoms with Crippen LogP contribution in [0.3, 0.4) is 0 Å². The van der Waals surface area contributed by atoms with E-state index >= 15 is 0 Å². The van der Waals surface area contributed by atoms with E-state index in [0.29, 0.717) is 12.1 Å². The molecule has 0 spiro atoms. The number of aliphatic hydroxyl groups excluding tert-OH is 1. The molecule has 1 unspecified atom stereocenters. The van der Waals surface area contributed by atoms with Crippen LogP contribution >= 0.6 is 0 Å². The molecule has 1 aromatic rings. The molecule has 19 heavy (non-hydrogen) atoms. The second kappa shape index (κ2) is 6.91. The lowest BCUT2D eigenvalue weighted by molar-refractivity contribution is -0.383. The van der Waals surface area contributed by atoms with E-state index in [1.165, 1.54) is 0 Å². The fourth-order valence-electron chi connectivity index (χ4n) is 1.88. The number of nitro benzene ring substituents is 1. The Bertz CT molecular complexity index is 437. The van der Waals surface area contributed by atoms with E-state index in [2.05, 4.69) is 10.7 Å². The van der Waals surface area contributed by atoms with E-state index in [9.17, 15) is 10.1 Å². The maximum atomic E-state index is 11.1. The number of para-hydroxylation sites is 1. The second-order valence-electron chi connectivity index (χ2n) is 4.61. The van der Waals surface area contributed by atoms with Crippen LogP contribution < -0.4 is 16.6 Å². The first-order valence-corrected chi connectivity index (χ1v) is 6.12. The molecule has 1 atom stereocenters. The first-order chi connectivity index (χ1) is 9.01. The molecule has 0 saturated heterocycles. The SMILES string of the molecule is CC(C)C(CCO)Nc1cccc(NN)c1[N+](=O)[O-]. The number of nitrogens with one attached hydrogen (secondary N) is 2. The highest BCUT2D eigenvalue weighted by atomic mass is 16.6. The van der Waals surface area contributed by atoms with Gasteiger partial charge in [0.25, 0.3) is 0 Å². The van der Waals surface area contributed by atoms with Gasteiger partial charge in [-0.15, -0.1) is 0 Å². The first-order valence-electron chi connectivity index (χ1n) is 6.12. The van der Waals surface area contributed by atoms with Crippen LogP contribution in [-0.2, 0) is 0 Å². The van der Waals surface area contributed by atoms with Crippen LogP contribution in [0.4, 0.5) is 17.1 Å². The Balaban J connectivity index is 3.08. The Labute approximate surface area is 111 Å². The molecule has 0 radical (unpaired) electrons. The van der Waals surface area contributed by atoms with Crippen molar-refractivity contribution in [2.24, 2.45) is 11.8 Å². The zero-order chi connectivity index (χ0) is 14.4. The van der Waals surface area contributed by atoms with Gasteiger partial charge < -0.3 is 15.8 Å². The standard InChI is InChI=1S/C12H20N4O3/c1-8(2)9(6-7-17)14-10-4-3-5-11(15-13)12(10)16(18)19/h3-5,8-9,14-15,17H,6-7,13H2,1-2H3. The van der Waals surface area contributed by atoms with E-state index < -0.39 is 4.92 Å². The number of rotatable bonds is 7. The Kier molecular flexibility index (Phi) is 5.53. The number of nitrogen functional groups attached to an aromatic ring is 1. The summed E-state index contributed by atoms with van der Waals surface area (Å²) < 4.78 is 0. The van der Waals surface area contributed by atoms with Crippen LogP contribution in [-0.4, -0.2) is 22.7 Å². The van der Waals surface area contributed by atoms with Gasteiger partial charge >= 0.3 is 5.69 Å². The van der Waals surface area contributed by atoms with Crippen molar-refractivity contribution >= 4 is 17.1 Å². The Morgan fingerprint density at radius 3 is 2.53 bits per heavy atom. The van der Waals surface area contributed by atoms with Gasteiger partial charge in [0.2, 0.25) is 0 Å². The Morgan fingerprint density at radius 2 is 2.05 bits per heavy atom. The van der Waals surface area contributed by atoms with Crippen molar-refractivity contribution in [1.29, 1.82) is 0 Å². The average Bonchev–Trinajstić information content (AvgIpc) is 2.37. The molecule has 0 amide bonds. The highest BCUT2D eigenvalue weighted by Gasteiger charge is 2.22. The summed E-state index contributed by atoms with van der Waals surface area (Å²) in [5.74, 6) is 5.52. The molecule has 1 aromatic carbocycles. The van der Waals surface area contributed by atoms with Crippen molar-refractivity contribution in [3.63, 3.8) is 0 Å². The Hall–Kier alpha value is -1.86. The molecule has 0 fully saturated rings. The monoisotopic (exact) mass is 268 g/mol. The third-order valence-electron chi connectivity index (χ3n) is 2.96. The predicted octanol–water partition coefficient (Wildman–Crippen LogP) is 1.70. The lowest BCUT2D eigenvalue weighted by Gasteiger charge is -2.23. The van der Waals surface area contributed by atoms with Gasteiger partial charge in [-0.3, -0.25) is 16.0 Å². The molecule has 0 aliphatic carbocycles. The van der Waals surface area contributed by atoms with E-state index in [4.69, 9.17) is 10.9 Å². The Morgan fingerprint density at radius 1 is 1.42 bits per heavy atom. The lowest BCUT2D eigenvalue weighted by Crippen LogP contribution is -2.27. The molecular formula is C12H20N4O3. The summed E-state index contributed by atoms with van der Waals surface area (Å²) in [6.45, 7) is 4.01. The van der Waals surface area contributed by atoms with Gasteiger partial charge in [-0.2, -0.15) is 0 Å². The molecule has 0 aliphatic heterocycles. The van der Waals surface area contributed by atoms with Crippen molar-refractivity contribution in [3.8, 4) is 0 Å². The smallest absolute Gasteiger partial charge is 0.316 e. The lowest BCUT2D eigenvalue weighted by atomic mass is 10.0. The first kappa shape index (κ1) is 15.2. The van der Waals surface area contributed by atoms with Crippen molar-refractivity contribution in [1.82, 2.24) is 0 Å². The molecule has 106 valence electrons. The van der Waals surface area contributed by atoms with E-state index in [-0.39, 0.29) is 29.9 Å². The fraction of sp³-hybridized carbons (Fsp3) is 0.500. The summed E-state index contributed by atoms with van der Waals surface area (Å²) in [6, 6.07) is 4.81. The largest absolute Gasteiger partial charge is 0.396 e. The maximum absolute atomic E-state index is 11.1. The third-order valence-corrected chi connectivity index (χ3v) is 2.96. The van der Waals surface area contributed by atoms with Crippen molar-refractivity contribution in [2.75, 3.05) is 17.3 Å². The number of aliphatic hydroxyl groups is 1. The summed E-state index contributed by atoms with van der Waals surface area (Å²) in [7, 11) is 0. The summed E-state index contributed by atoms with van der Waals surface area (Å²) in [5.41, 5.74) is 2.88. The predicted molar refractivity (Wildman–Crippen MR) is 74.9 cm³/mol. The van der Waals surface area contributed by atoms with Crippen molar-refractivity contribution in [3.05, 3.63) is 28.3 Å². The van der Waals surface area contributed by atoms with Gasteiger partial charge in [-0.05, 0) is 24.5 Å². The minimum Gasteiger partial charge on any atom is -0.396 e. The summed E-state index contributed by atoms with van der Waals surface area (Å²) in [5, 5.41) is 23.3. The number of nitrogens with zero attached hydrogens (tertiary/aromatic N) is 1. The quantitative estimate of drug-likeness (QED) is 0.340. The van der Waals surface area contributed by atoms with Gasteiger partial charge in [0.05, 0.1) is 4.92 Å². The second-order valence-corrected chi connectivity index (χ2v) is 4.61. The van der Waals surface area contributed by atoms with Gasteiger partial charge in [-0.1, -0.05) is 19.9 Å². The molecule has 7 heteroatoms. The molecule has 0 heterocycles. The van der Waals surface area contributed by atoms with Crippen LogP contribution in [0.2, 0.25) is 0 Å². The molecule has 0 bridgehead atoms. The van der Waals surface area contributed by atoms with E-state index in [1.54, 1.807) is 18.2 Å². The van der Waals surface area contributed by atoms with Crippen LogP contribution in [0.1, 0.15) is 20.3 Å². The normalized spacial score (nSPS) is 12.3. The number of anilines is 2. The zero-order valence-corrected chi connectivity index (χ0v) is 11.1. The highest BCUT2D eigenvalue weighted by Crippen LogP contribution is 2.33. The van der Waals surface area contributed by atoms with Gasteiger partial charge in [0.1, 0.15) is 11.4 Å². The summed E-state index contributed by atoms with van der Waals surface area (Å²) in [4.78, 5) is 10.7. The van der Waals surface area contributed by atoms with Gasteiger partial charge in [0.15, 0.2) is 0 Å². The number of nitrogens with two attached hydrogens (primary N) is 1. The molecular weight excluding hydrogens is 248 g/mol. The molecule has 1 rings (SSSR count). The number of hydrogen-bond donors (Lipinski definition) is 4.